The zero-order valence-corrected chi connectivity index (χ0v) is 20.9. The highest BCUT2D eigenvalue weighted by atomic mass is 16.5. The fraction of sp³-hybridized carbons (Fsp3) is 0.533. The first-order valence-corrected chi connectivity index (χ1v) is 13.2. The molecular weight excluding hydrogens is 424 g/mol. The van der Waals surface area contributed by atoms with E-state index in [0.717, 1.165) is 18.5 Å². The molecular formula is C30H42O4. The quantitative estimate of drug-likeness (QED) is 0.0900. The van der Waals surface area contributed by atoms with E-state index in [-0.39, 0.29) is 0 Å². The van der Waals surface area contributed by atoms with Gasteiger partial charge in [-0.2, -0.15) is 0 Å². The van der Waals surface area contributed by atoms with Crippen LogP contribution in [0.1, 0.15) is 118 Å². The maximum absolute atomic E-state index is 12.3. The Kier molecular flexibility index (Phi) is 14.5. The van der Waals surface area contributed by atoms with Gasteiger partial charge in [-0.05, 0) is 55.0 Å². The molecule has 2 aromatic rings. The van der Waals surface area contributed by atoms with Crippen LogP contribution in [0.5, 0.6) is 11.5 Å². The van der Waals surface area contributed by atoms with E-state index in [9.17, 15) is 9.59 Å². The monoisotopic (exact) mass is 466 g/mol. The fourth-order valence-electron chi connectivity index (χ4n) is 3.95. The first-order valence-electron chi connectivity index (χ1n) is 13.2. The first kappa shape index (κ1) is 27.6. The Morgan fingerprint density at radius 3 is 1.62 bits per heavy atom. The third-order valence-corrected chi connectivity index (χ3v) is 6.08. The lowest BCUT2D eigenvalue weighted by atomic mass is 10.0. The van der Waals surface area contributed by atoms with Crippen molar-refractivity contribution in [2.75, 3.05) is 6.61 Å². The second-order valence-corrected chi connectivity index (χ2v) is 9.05. The molecule has 0 saturated carbocycles. The van der Waals surface area contributed by atoms with Crippen molar-refractivity contribution in [2.24, 2.45) is 0 Å². The van der Waals surface area contributed by atoms with E-state index >= 15 is 0 Å². The molecule has 0 spiro atoms. The van der Waals surface area contributed by atoms with E-state index in [4.69, 9.17) is 9.47 Å². The predicted molar refractivity (Wildman–Crippen MR) is 139 cm³/mol. The average Bonchev–Trinajstić information content (AvgIpc) is 2.87. The van der Waals surface area contributed by atoms with Gasteiger partial charge in [0, 0.05) is 5.56 Å². The Hall–Kier alpha value is -2.62. The summed E-state index contributed by atoms with van der Waals surface area (Å²) in [4.78, 5) is 23.0. The highest BCUT2D eigenvalue weighted by molar-refractivity contribution is 5.91. The SMILES string of the molecule is CCCCCCCCCCCCCCCCOc1ccc(C(=O)Oc2ccc(C=O)cc2)cc1. The largest absolute Gasteiger partial charge is 0.494 e. The molecule has 0 fully saturated rings. The van der Waals surface area contributed by atoms with Gasteiger partial charge in [0.05, 0.1) is 12.2 Å². The zero-order valence-electron chi connectivity index (χ0n) is 20.9. The highest BCUT2D eigenvalue weighted by Crippen LogP contribution is 2.17. The summed E-state index contributed by atoms with van der Waals surface area (Å²) in [5.74, 6) is 0.743. The van der Waals surface area contributed by atoms with Crippen LogP contribution < -0.4 is 9.47 Å². The second kappa shape index (κ2) is 17.8. The van der Waals surface area contributed by atoms with Gasteiger partial charge in [0.25, 0.3) is 0 Å². The van der Waals surface area contributed by atoms with Crippen LogP contribution in [0.4, 0.5) is 0 Å². The number of carbonyl (C=O) groups is 2. The Morgan fingerprint density at radius 1 is 0.647 bits per heavy atom. The summed E-state index contributed by atoms with van der Waals surface area (Å²) in [6, 6.07) is 13.5. The van der Waals surface area contributed by atoms with E-state index in [1.807, 2.05) is 0 Å². The Bertz CT molecular complexity index is 796. The van der Waals surface area contributed by atoms with Crippen LogP contribution in [0, 0.1) is 0 Å². The number of esters is 1. The maximum Gasteiger partial charge on any atom is 0.343 e. The maximum atomic E-state index is 12.3. The topological polar surface area (TPSA) is 52.6 Å². The molecule has 4 heteroatoms. The summed E-state index contributed by atoms with van der Waals surface area (Å²) in [6.45, 7) is 2.97. The standard InChI is InChI=1S/C30H42O4/c1-2-3-4-5-6-7-8-9-10-11-12-13-14-15-24-33-28-22-18-27(19-23-28)30(32)34-29-20-16-26(25-31)17-21-29/h16-23,25H,2-15,24H2,1H3. The number of rotatable bonds is 19. The lowest BCUT2D eigenvalue weighted by Crippen LogP contribution is -2.08. The molecule has 0 radical (unpaired) electrons. The number of hydrogen-bond acceptors (Lipinski definition) is 4. The van der Waals surface area contributed by atoms with Crippen molar-refractivity contribution in [1.82, 2.24) is 0 Å². The van der Waals surface area contributed by atoms with E-state index in [0.29, 0.717) is 23.5 Å². The van der Waals surface area contributed by atoms with Gasteiger partial charge in [0.1, 0.15) is 17.8 Å². The molecule has 0 unspecified atom stereocenters. The molecule has 0 atom stereocenters. The third-order valence-electron chi connectivity index (χ3n) is 6.08. The number of unbranched alkanes of at least 4 members (excludes halogenated alkanes) is 13. The molecule has 0 aliphatic heterocycles. The molecule has 2 rings (SSSR count). The lowest BCUT2D eigenvalue weighted by molar-refractivity contribution is 0.0734. The lowest BCUT2D eigenvalue weighted by Gasteiger charge is -2.08. The predicted octanol–water partition coefficient (Wildman–Crippen LogP) is 8.58. The molecule has 34 heavy (non-hydrogen) atoms. The van der Waals surface area contributed by atoms with Crippen LogP contribution in [0.15, 0.2) is 48.5 Å². The minimum atomic E-state index is -0.433. The number of benzene rings is 2. The molecule has 0 aromatic heterocycles. The number of aldehydes is 1. The van der Waals surface area contributed by atoms with Crippen LogP contribution in [-0.4, -0.2) is 18.9 Å². The van der Waals surface area contributed by atoms with Crippen molar-refractivity contribution in [2.45, 2.75) is 96.8 Å². The molecule has 0 saturated heterocycles. The van der Waals surface area contributed by atoms with E-state index in [2.05, 4.69) is 6.92 Å². The molecule has 4 nitrogen and oxygen atoms in total. The van der Waals surface area contributed by atoms with Crippen molar-refractivity contribution in [3.63, 3.8) is 0 Å². The van der Waals surface area contributed by atoms with Crippen molar-refractivity contribution in [3.05, 3.63) is 59.7 Å². The van der Waals surface area contributed by atoms with E-state index in [1.54, 1.807) is 48.5 Å². The van der Waals surface area contributed by atoms with Crippen molar-refractivity contribution in [1.29, 1.82) is 0 Å². The van der Waals surface area contributed by atoms with Crippen LogP contribution in [0.25, 0.3) is 0 Å². The van der Waals surface area contributed by atoms with Gasteiger partial charge in [0.15, 0.2) is 0 Å². The average molecular weight is 467 g/mol. The van der Waals surface area contributed by atoms with Crippen LogP contribution in [0.3, 0.4) is 0 Å². The van der Waals surface area contributed by atoms with Crippen molar-refractivity contribution < 1.29 is 19.1 Å². The smallest absolute Gasteiger partial charge is 0.343 e. The molecule has 0 heterocycles. The van der Waals surface area contributed by atoms with E-state index in [1.165, 1.54) is 83.5 Å². The Labute approximate surface area is 206 Å². The number of carbonyl (C=O) groups excluding carboxylic acids is 2. The molecule has 2 aromatic carbocycles. The van der Waals surface area contributed by atoms with Crippen molar-refractivity contribution in [3.8, 4) is 11.5 Å². The molecule has 0 aliphatic rings. The molecule has 0 amide bonds. The Balaban J connectivity index is 1.47. The fourth-order valence-corrected chi connectivity index (χ4v) is 3.95. The highest BCUT2D eigenvalue weighted by Gasteiger charge is 2.09. The van der Waals surface area contributed by atoms with Gasteiger partial charge in [-0.15, -0.1) is 0 Å². The van der Waals surface area contributed by atoms with E-state index < -0.39 is 5.97 Å². The van der Waals surface area contributed by atoms with Crippen LogP contribution in [0.2, 0.25) is 0 Å². The molecule has 0 bridgehead atoms. The number of hydrogen-bond donors (Lipinski definition) is 0. The van der Waals surface area contributed by atoms with Crippen LogP contribution >= 0.6 is 0 Å². The molecule has 186 valence electrons. The summed E-state index contributed by atoms with van der Waals surface area (Å²) >= 11 is 0. The third kappa shape index (κ3) is 12.0. The molecule has 0 N–H and O–H groups in total. The summed E-state index contributed by atoms with van der Waals surface area (Å²) in [5, 5.41) is 0. The zero-order chi connectivity index (χ0) is 24.3. The number of ether oxygens (including phenoxy) is 2. The summed E-state index contributed by atoms with van der Waals surface area (Å²) in [5.41, 5.74) is 1.00. The van der Waals surface area contributed by atoms with Gasteiger partial charge in [-0.25, -0.2) is 4.79 Å². The van der Waals surface area contributed by atoms with Crippen molar-refractivity contribution >= 4 is 12.3 Å². The van der Waals surface area contributed by atoms with Gasteiger partial charge in [-0.3, -0.25) is 4.79 Å². The Morgan fingerprint density at radius 2 is 1.12 bits per heavy atom. The summed E-state index contributed by atoms with van der Waals surface area (Å²) < 4.78 is 11.1. The first-order chi connectivity index (χ1) is 16.7. The minimum absolute atomic E-state index is 0.411. The van der Waals surface area contributed by atoms with Gasteiger partial charge < -0.3 is 9.47 Å². The summed E-state index contributed by atoms with van der Waals surface area (Å²) in [6.07, 6.45) is 19.6. The van der Waals surface area contributed by atoms with Gasteiger partial charge in [0.2, 0.25) is 0 Å². The normalized spacial score (nSPS) is 10.7. The summed E-state index contributed by atoms with van der Waals surface area (Å²) in [7, 11) is 0. The second-order valence-electron chi connectivity index (χ2n) is 9.05. The van der Waals surface area contributed by atoms with Crippen LogP contribution in [-0.2, 0) is 0 Å². The van der Waals surface area contributed by atoms with Gasteiger partial charge in [-0.1, -0.05) is 90.4 Å². The molecule has 0 aliphatic carbocycles. The van der Waals surface area contributed by atoms with Gasteiger partial charge >= 0.3 is 5.97 Å². The minimum Gasteiger partial charge on any atom is -0.494 e.